The first kappa shape index (κ1) is 16.2. The molecule has 3 nitrogen and oxygen atoms in total. The van der Waals surface area contributed by atoms with Crippen LogP contribution in [0.25, 0.3) is 0 Å². The number of nitrogens with two attached hydrogens (primary N) is 1. The van der Waals surface area contributed by atoms with E-state index in [4.69, 9.17) is 5.73 Å². The minimum atomic E-state index is 0.157. The molecule has 0 aliphatic heterocycles. The second-order valence-corrected chi connectivity index (χ2v) is 5.72. The van der Waals surface area contributed by atoms with Crippen molar-refractivity contribution in [3.63, 3.8) is 0 Å². The lowest BCUT2D eigenvalue weighted by molar-refractivity contribution is 0.539. The second-order valence-electron chi connectivity index (χ2n) is 5.72. The number of hydrogen-bond acceptors (Lipinski definition) is 2. The Morgan fingerprint density at radius 2 is 1.63 bits per heavy atom. The Hall–Kier alpha value is -0.830. The van der Waals surface area contributed by atoms with E-state index in [-0.39, 0.29) is 6.04 Å². The largest absolute Gasteiger partial charge is 0.324 e. The number of unbranched alkanes of at least 4 members (excludes halogenated alkanes) is 6. The van der Waals surface area contributed by atoms with Gasteiger partial charge < -0.3 is 5.73 Å². The summed E-state index contributed by atoms with van der Waals surface area (Å²) in [6.45, 7) is 6.43. The summed E-state index contributed by atoms with van der Waals surface area (Å²) >= 11 is 0. The highest BCUT2D eigenvalue weighted by atomic mass is 15.3. The third-order valence-corrected chi connectivity index (χ3v) is 4.05. The monoisotopic (exact) mass is 265 g/mol. The summed E-state index contributed by atoms with van der Waals surface area (Å²) in [5.41, 5.74) is 9.89. The molecule has 2 N–H and O–H groups in total. The van der Waals surface area contributed by atoms with E-state index in [1.807, 2.05) is 11.7 Å². The van der Waals surface area contributed by atoms with Crippen LogP contribution in [0, 0.1) is 13.8 Å². The molecule has 0 aliphatic carbocycles. The zero-order chi connectivity index (χ0) is 14.3. The van der Waals surface area contributed by atoms with Crippen molar-refractivity contribution in [3.05, 3.63) is 17.0 Å². The molecule has 0 saturated heterocycles. The maximum absolute atomic E-state index is 6.32. The highest BCUT2D eigenvalue weighted by Gasteiger charge is 2.15. The molecule has 19 heavy (non-hydrogen) atoms. The van der Waals surface area contributed by atoms with Crippen LogP contribution in [0.1, 0.15) is 81.3 Å². The van der Waals surface area contributed by atoms with Gasteiger partial charge in [0, 0.05) is 24.3 Å². The third kappa shape index (κ3) is 4.98. The van der Waals surface area contributed by atoms with E-state index in [1.54, 1.807) is 0 Å². The molecule has 110 valence electrons. The minimum absolute atomic E-state index is 0.157. The molecule has 0 saturated carbocycles. The highest BCUT2D eigenvalue weighted by Crippen LogP contribution is 2.23. The summed E-state index contributed by atoms with van der Waals surface area (Å²) in [6, 6.07) is 0.157. The first-order chi connectivity index (χ1) is 9.07. The van der Waals surface area contributed by atoms with Gasteiger partial charge in [0.1, 0.15) is 0 Å². The number of nitrogens with zero attached hydrogens (tertiary/aromatic N) is 2. The summed E-state index contributed by atoms with van der Waals surface area (Å²) < 4.78 is 1.94. The molecule has 0 bridgehead atoms. The molecule has 1 heterocycles. The molecule has 1 aromatic rings. The lowest BCUT2D eigenvalue weighted by Crippen LogP contribution is -2.12. The van der Waals surface area contributed by atoms with Crippen LogP contribution in [0.3, 0.4) is 0 Å². The number of aromatic nitrogens is 2. The standard InChI is InChI=1S/C16H31N3/c1-5-6-7-8-9-10-11-12-15(17)16-13(2)18-19(4)14(16)3/h15H,5-12,17H2,1-4H3. The number of aryl methyl sites for hydroxylation is 2. The van der Waals surface area contributed by atoms with Crippen LogP contribution in [0.2, 0.25) is 0 Å². The Balaban J connectivity index is 2.26. The molecule has 3 heteroatoms. The topological polar surface area (TPSA) is 43.8 Å². The van der Waals surface area contributed by atoms with Crippen LogP contribution in [0.5, 0.6) is 0 Å². The van der Waals surface area contributed by atoms with Gasteiger partial charge in [0.05, 0.1) is 5.69 Å². The van der Waals surface area contributed by atoms with Gasteiger partial charge in [0.25, 0.3) is 0 Å². The summed E-state index contributed by atoms with van der Waals surface area (Å²) in [7, 11) is 1.99. The maximum atomic E-state index is 6.32. The summed E-state index contributed by atoms with van der Waals surface area (Å²) in [6.07, 6.45) is 10.5. The third-order valence-electron chi connectivity index (χ3n) is 4.05. The molecule has 0 aliphatic rings. The van der Waals surface area contributed by atoms with Crippen LogP contribution in [0.15, 0.2) is 0 Å². The second kappa shape index (κ2) is 8.36. The molecular weight excluding hydrogens is 234 g/mol. The van der Waals surface area contributed by atoms with E-state index >= 15 is 0 Å². The molecule has 0 amide bonds. The van der Waals surface area contributed by atoms with E-state index in [1.165, 1.54) is 56.2 Å². The summed E-state index contributed by atoms with van der Waals surface area (Å²) in [4.78, 5) is 0. The molecular formula is C16H31N3. The van der Waals surface area contributed by atoms with Crippen LogP contribution in [-0.4, -0.2) is 9.78 Å². The molecule has 1 rings (SSSR count). The van der Waals surface area contributed by atoms with Gasteiger partial charge in [-0.15, -0.1) is 0 Å². The average molecular weight is 265 g/mol. The van der Waals surface area contributed by atoms with E-state index in [9.17, 15) is 0 Å². The van der Waals surface area contributed by atoms with Crippen molar-refractivity contribution in [2.45, 2.75) is 78.2 Å². The SMILES string of the molecule is CCCCCCCCCC(N)c1c(C)nn(C)c1C. The molecule has 0 fully saturated rings. The van der Waals surface area contributed by atoms with Gasteiger partial charge in [0.15, 0.2) is 0 Å². The lowest BCUT2D eigenvalue weighted by atomic mass is 9.99. The number of rotatable bonds is 9. The van der Waals surface area contributed by atoms with Crippen molar-refractivity contribution in [2.24, 2.45) is 12.8 Å². The van der Waals surface area contributed by atoms with Gasteiger partial charge >= 0.3 is 0 Å². The van der Waals surface area contributed by atoms with E-state index in [0.717, 1.165) is 12.1 Å². The lowest BCUT2D eigenvalue weighted by Gasteiger charge is -2.12. The molecule has 0 aromatic carbocycles. The normalized spacial score (nSPS) is 12.9. The van der Waals surface area contributed by atoms with Gasteiger partial charge in [0.2, 0.25) is 0 Å². The fourth-order valence-electron chi connectivity index (χ4n) is 2.79. The highest BCUT2D eigenvalue weighted by molar-refractivity contribution is 5.27. The fraction of sp³-hybridized carbons (Fsp3) is 0.812. The van der Waals surface area contributed by atoms with E-state index < -0.39 is 0 Å². The van der Waals surface area contributed by atoms with E-state index in [0.29, 0.717) is 0 Å². The van der Waals surface area contributed by atoms with Crippen molar-refractivity contribution in [1.29, 1.82) is 0 Å². The van der Waals surface area contributed by atoms with Gasteiger partial charge in [-0.1, -0.05) is 51.9 Å². The van der Waals surface area contributed by atoms with Crippen molar-refractivity contribution < 1.29 is 0 Å². The Labute approximate surface area is 118 Å². The minimum Gasteiger partial charge on any atom is -0.324 e. The fourth-order valence-corrected chi connectivity index (χ4v) is 2.79. The Kier molecular flexibility index (Phi) is 7.14. The molecule has 0 radical (unpaired) electrons. The predicted octanol–water partition coefficient (Wildman–Crippen LogP) is 4.18. The number of hydrogen-bond donors (Lipinski definition) is 1. The van der Waals surface area contributed by atoms with Crippen LogP contribution >= 0.6 is 0 Å². The van der Waals surface area contributed by atoms with Gasteiger partial charge in [-0.25, -0.2) is 0 Å². The predicted molar refractivity (Wildman–Crippen MR) is 82.2 cm³/mol. The average Bonchev–Trinajstić information content (AvgIpc) is 2.62. The quantitative estimate of drug-likeness (QED) is 0.681. The van der Waals surface area contributed by atoms with Crippen LogP contribution < -0.4 is 5.73 Å². The van der Waals surface area contributed by atoms with Crippen molar-refractivity contribution in [1.82, 2.24) is 9.78 Å². The molecule has 0 spiro atoms. The van der Waals surface area contributed by atoms with Crippen molar-refractivity contribution in [3.8, 4) is 0 Å². The zero-order valence-corrected chi connectivity index (χ0v) is 13.2. The molecule has 1 unspecified atom stereocenters. The maximum Gasteiger partial charge on any atom is 0.0644 e. The first-order valence-corrected chi connectivity index (χ1v) is 7.83. The van der Waals surface area contributed by atoms with Gasteiger partial charge in [-0.3, -0.25) is 4.68 Å². The van der Waals surface area contributed by atoms with E-state index in [2.05, 4.69) is 25.9 Å². The van der Waals surface area contributed by atoms with Crippen molar-refractivity contribution >= 4 is 0 Å². The van der Waals surface area contributed by atoms with Gasteiger partial charge in [-0.2, -0.15) is 5.10 Å². The zero-order valence-electron chi connectivity index (χ0n) is 13.2. The molecule has 1 aromatic heterocycles. The Morgan fingerprint density at radius 1 is 1.05 bits per heavy atom. The first-order valence-electron chi connectivity index (χ1n) is 7.83. The van der Waals surface area contributed by atoms with Crippen molar-refractivity contribution in [2.75, 3.05) is 0 Å². The summed E-state index contributed by atoms with van der Waals surface area (Å²) in [5.74, 6) is 0. The Morgan fingerprint density at radius 3 is 2.16 bits per heavy atom. The smallest absolute Gasteiger partial charge is 0.0644 e. The van der Waals surface area contributed by atoms with Gasteiger partial charge in [-0.05, 0) is 20.3 Å². The van der Waals surface area contributed by atoms with Crippen LogP contribution in [0.4, 0.5) is 0 Å². The van der Waals surface area contributed by atoms with Crippen LogP contribution in [-0.2, 0) is 7.05 Å². The Bertz CT molecular complexity index is 368. The molecule has 1 atom stereocenters. The summed E-state index contributed by atoms with van der Waals surface area (Å²) in [5, 5.41) is 4.45.